The predicted octanol–water partition coefficient (Wildman–Crippen LogP) is 2.78. The fourth-order valence-electron chi connectivity index (χ4n) is 0.656. The second-order valence-electron chi connectivity index (χ2n) is 2.18. The molecular weight excluding hydrogens is 343 g/mol. The SMILES string of the molecule is CCOP(=O)(OCC)C(Br)(Br)C(=O)O. The number of carboxylic acid groups (broad SMARTS) is 1. The molecule has 0 saturated heterocycles. The molecule has 0 radical (unpaired) electrons. The van der Waals surface area contributed by atoms with Crippen LogP contribution in [0.25, 0.3) is 0 Å². The molecule has 0 unspecified atom stereocenters. The zero-order valence-electron chi connectivity index (χ0n) is 7.70. The van der Waals surface area contributed by atoms with Crippen molar-refractivity contribution < 1.29 is 23.5 Å². The third kappa shape index (κ3) is 3.03. The molecule has 0 heterocycles. The standard InChI is InChI=1S/C6H11Br2O5P/c1-3-12-14(11,13-4-2)6(7,8)5(9)10/h3-4H2,1-2H3,(H,9,10). The molecule has 0 aliphatic rings. The van der Waals surface area contributed by atoms with E-state index in [1.165, 1.54) is 0 Å². The summed E-state index contributed by atoms with van der Waals surface area (Å²) in [5.41, 5.74) is 0. The number of alkyl halides is 2. The number of carboxylic acids is 1. The monoisotopic (exact) mass is 352 g/mol. The van der Waals surface area contributed by atoms with Crippen LogP contribution in [0, 0.1) is 0 Å². The van der Waals surface area contributed by atoms with Gasteiger partial charge < -0.3 is 14.2 Å². The molecule has 0 rings (SSSR count). The fourth-order valence-corrected chi connectivity index (χ4v) is 3.20. The Kier molecular flexibility index (Phi) is 5.84. The van der Waals surface area contributed by atoms with Crippen LogP contribution in [0.5, 0.6) is 0 Å². The predicted molar refractivity (Wildman–Crippen MR) is 59.1 cm³/mol. The maximum absolute atomic E-state index is 12.0. The number of hydrogen-bond donors (Lipinski definition) is 1. The summed E-state index contributed by atoms with van der Waals surface area (Å²) in [6.45, 7) is 3.40. The molecule has 0 aromatic carbocycles. The molecule has 0 aromatic heterocycles. The van der Waals surface area contributed by atoms with Gasteiger partial charge in [-0.15, -0.1) is 0 Å². The fraction of sp³-hybridized carbons (Fsp3) is 0.833. The van der Waals surface area contributed by atoms with E-state index in [0.717, 1.165) is 0 Å². The molecule has 0 amide bonds. The normalized spacial score (nSPS) is 12.9. The summed E-state index contributed by atoms with van der Waals surface area (Å²) in [5, 5.41) is 8.80. The van der Waals surface area contributed by atoms with Gasteiger partial charge in [-0.3, -0.25) is 4.57 Å². The van der Waals surface area contributed by atoms with Crippen LogP contribution in [0.2, 0.25) is 0 Å². The lowest BCUT2D eigenvalue weighted by Crippen LogP contribution is -2.26. The van der Waals surface area contributed by atoms with Crippen LogP contribution in [0.4, 0.5) is 0 Å². The Hall–Kier alpha value is 0.580. The summed E-state index contributed by atoms with van der Waals surface area (Å²) in [6, 6.07) is 0. The summed E-state index contributed by atoms with van der Waals surface area (Å²) < 4.78 is 19.8. The van der Waals surface area contributed by atoms with Crippen molar-refractivity contribution in [3.63, 3.8) is 0 Å². The molecule has 8 heteroatoms. The van der Waals surface area contributed by atoms with Crippen molar-refractivity contribution in [1.82, 2.24) is 0 Å². The summed E-state index contributed by atoms with van der Waals surface area (Å²) in [6.07, 6.45) is 0. The Bertz CT molecular complexity index is 245. The van der Waals surface area contributed by atoms with Crippen LogP contribution >= 0.6 is 39.5 Å². The summed E-state index contributed by atoms with van der Waals surface area (Å²) >= 11 is 5.55. The topological polar surface area (TPSA) is 72.8 Å². The van der Waals surface area contributed by atoms with Crippen LogP contribution in [-0.2, 0) is 18.4 Å². The Balaban J connectivity index is 4.99. The minimum Gasteiger partial charge on any atom is -0.479 e. The van der Waals surface area contributed by atoms with Crippen LogP contribution in [-0.4, -0.2) is 27.3 Å². The van der Waals surface area contributed by atoms with E-state index in [-0.39, 0.29) is 13.2 Å². The van der Waals surface area contributed by atoms with Crippen molar-refractivity contribution in [3.8, 4) is 0 Å². The Morgan fingerprint density at radius 1 is 1.36 bits per heavy atom. The third-order valence-corrected chi connectivity index (χ3v) is 6.56. The quantitative estimate of drug-likeness (QED) is 0.587. The number of halogens is 2. The highest BCUT2D eigenvalue weighted by Crippen LogP contribution is 2.66. The molecule has 0 aromatic rings. The highest BCUT2D eigenvalue weighted by Gasteiger charge is 2.54. The lowest BCUT2D eigenvalue weighted by Gasteiger charge is -2.25. The van der Waals surface area contributed by atoms with Gasteiger partial charge in [-0.05, 0) is 45.7 Å². The largest absolute Gasteiger partial charge is 0.479 e. The van der Waals surface area contributed by atoms with E-state index in [4.69, 9.17) is 14.2 Å². The first kappa shape index (κ1) is 14.6. The molecule has 14 heavy (non-hydrogen) atoms. The zero-order valence-corrected chi connectivity index (χ0v) is 11.8. The third-order valence-electron chi connectivity index (χ3n) is 1.20. The van der Waals surface area contributed by atoms with E-state index in [1.54, 1.807) is 13.8 Å². The first-order chi connectivity index (χ1) is 6.31. The maximum Gasteiger partial charge on any atom is 0.369 e. The Morgan fingerprint density at radius 2 is 1.71 bits per heavy atom. The Morgan fingerprint density at radius 3 is 1.93 bits per heavy atom. The van der Waals surface area contributed by atoms with Gasteiger partial charge in [0.05, 0.1) is 13.2 Å². The average Bonchev–Trinajstić information content (AvgIpc) is 2.04. The van der Waals surface area contributed by atoms with Gasteiger partial charge in [0.2, 0.25) is 0 Å². The molecule has 0 aliphatic carbocycles. The van der Waals surface area contributed by atoms with Crippen LogP contribution in [0.15, 0.2) is 0 Å². The molecule has 0 aliphatic heterocycles. The number of carbonyl (C=O) groups is 1. The molecule has 0 saturated carbocycles. The number of hydrogen-bond acceptors (Lipinski definition) is 4. The molecule has 1 N–H and O–H groups in total. The van der Waals surface area contributed by atoms with E-state index in [0.29, 0.717) is 0 Å². The van der Waals surface area contributed by atoms with Gasteiger partial charge in [-0.2, -0.15) is 0 Å². The van der Waals surface area contributed by atoms with Crippen LogP contribution in [0.1, 0.15) is 13.8 Å². The molecule has 5 nitrogen and oxygen atoms in total. The Labute approximate surface area is 98.9 Å². The van der Waals surface area contributed by atoms with Gasteiger partial charge in [0.15, 0.2) is 0 Å². The second-order valence-corrected chi connectivity index (χ2v) is 9.03. The molecule has 84 valence electrons. The van der Waals surface area contributed by atoms with Crippen molar-refractivity contribution in [1.29, 1.82) is 0 Å². The van der Waals surface area contributed by atoms with Crippen molar-refractivity contribution in [3.05, 3.63) is 0 Å². The zero-order chi connectivity index (χ0) is 11.4. The second kappa shape index (κ2) is 5.61. The van der Waals surface area contributed by atoms with Crippen molar-refractivity contribution in [2.24, 2.45) is 0 Å². The van der Waals surface area contributed by atoms with Crippen molar-refractivity contribution >= 4 is 45.4 Å². The molecule has 0 spiro atoms. The van der Waals surface area contributed by atoms with Gasteiger partial charge in [0.1, 0.15) is 0 Å². The van der Waals surface area contributed by atoms with Crippen molar-refractivity contribution in [2.45, 2.75) is 16.8 Å². The van der Waals surface area contributed by atoms with Gasteiger partial charge in [0.25, 0.3) is 2.97 Å². The summed E-state index contributed by atoms with van der Waals surface area (Å²) in [5.74, 6) is -1.36. The van der Waals surface area contributed by atoms with Crippen molar-refractivity contribution in [2.75, 3.05) is 13.2 Å². The van der Waals surface area contributed by atoms with Crippen LogP contribution < -0.4 is 0 Å². The molecule has 0 bridgehead atoms. The van der Waals surface area contributed by atoms with E-state index in [1.807, 2.05) is 0 Å². The average molecular weight is 354 g/mol. The summed E-state index contributed by atoms with van der Waals surface area (Å²) in [7, 11) is -3.74. The number of rotatable bonds is 6. The first-order valence-corrected chi connectivity index (χ1v) is 6.95. The van der Waals surface area contributed by atoms with Gasteiger partial charge in [0, 0.05) is 0 Å². The van der Waals surface area contributed by atoms with Gasteiger partial charge >= 0.3 is 13.6 Å². The lowest BCUT2D eigenvalue weighted by molar-refractivity contribution is -0.135. The number of aliphatic carboxylic acids is 1. The van der Waals surface area contributed by atoms with E-state index >= 15 is 0 Å². The van der Waals surface area contributed by atoms with E-state index in [9.17, 15) is 9.36 Å². The minimum absolute atomic E-state index is 0.101. The highest BCUT2D eigenvalue weighted by molar-refractivity contribution is 9.27. The highest BCUT2D eigenvalue weighted by atomic mass is 79.9. The lowest BCUT2D eigenvalue weighted by atomic mass is 10.8. The smallest absolute Gasteiger partial charge is 0.369 e. The van der Waals surface area contributed by atoms with Gasteiger partial charge in [-0.25, -0.2) is 4.79 Å². The van der Waals surface area contributed by atoms with Gasteiger partial charge in [-0.1, -0.05) is 0 Å². The molecule has 0 atom stereocenters. The van der Waals surface area contributed by atoms with E-state index in [2.05, 4.69) is 31.9 Å². The molecule has 0 fully saturated rings. The van der Waals surface area contributed by atoms with Crippen LogP contribution in [0.3, 0.4) is 0 Å². The van der Waals surface area contributed by atoms with E-state index < -0.39 is 16.5 Å². The first-order valence-electron chi connectivity index (χ1n) is 3.82. The summed E-state index contributed by atoms with van der Waals surface area (Å²) in [4.78, 5) is 10.8. The minimum atomic E-state index is -3.74. The maximum atomic E-state index is 12.0. The molecular formula is C6H11Br2O5P.